The Morgan fingerprint density at radius 2 is 1.88 bits per heavy atom. The van der Waals surface area contributed by atoms with E-state index in [1.807, 2.05) is 23.1 Å². The minimum Gasteiger partial charge on any atom is -0.485 e. The maximum atomic E-state index is 12.8. The summed E-state index contributed by atoms with van der Waals surface area (Å²) in [6, 6.07) is 12.3. The van der Waals surface area contributed by atoms with Gasteiger partial charge < -0.3 is 15.0 Å². The number of alkyl halides is 3. The van der Waals surface area contributed by atoms with Crippen molar-refractivity contribution >= 4 is 17.3 Å². The lowest BCUT2D eigenvalue weighted by molar-refractivity contribution is -0.137. The van der Waals surface area contributed by atoms with E-state index in [0.717, 1.165) is 17.8 Å². The van der Waals surface area contributed by atoms with Gasteiger partial charge >= 0.3 is 6.18 Å². The van der Waals surface area contributed by atoms with Crippen molar-refractivity contribution in [2.45, 2.75) is 19.2 Å². The fourth-order valence-electron chi connectivity index (χ4n) is 2.74. The highest BCUT2D eigenvalue weighted by Gasteiger charge is 2.31. The van der Waals surface area contributed by atoms with Crippen molar-refractivity contribution in [2.75, 3.05) is 18.0 Å². The van der Waals surface area contributed by atoms with E-state index in [2.05, 4.69) is 5.32 Å². The highest BCUT2D eigenvalue weighted by molar-refractivity contribution is 5.73. The Morgan fingerprint density at radius 3 is 2.52 bits per heavy atom. The first-order chi connectivity index (χ1) is 11.8. The number of nitrogens with zero attached hydrogens (tertiary/aromatic N) is 1. The number of halogens is 3. The number of nitrogens with one attached hydrogen (secondary N) is 1. The minimum atomic E-state index is -4.37. The average molecular weight is 350 g/mol. The smallest absolute Gasteiger partial charge is 0.416 e. The second kappa shape index (κ2) is 6.66. The Kier molecular flexibility index (Phi) is 4.57. The van der Waals surface area contributed by atoms with E-state index >= 15 is 0 Å². The molecule has 25 heavy (non-hydrogen) atoms. The number of anilines is 2. The Hall–Kier alpha value is -2.70. The molecule has 0 spiro atoms. The van der Waals surface area contributed by atoms with Crippen molar-refractivity contribution in [3.05, 3.63) is 54.1 Å². The summed E-state index contributed by atoms with van der Waals surface area (Å²) in [4.78, 5) is 13.0. The van der Waals surface area contributed by atoms with Gasteiger partial charge in [-0.3, -0.25) is 4.79 Å². The maximum absolute atomic E-state index is 12.8. The zero-order chi connectivity index (χ0) is 18.0. The number of carbonyl (C=O) groups excluding carboxylic acids is 1. The number of rotatable bonds is 3. The molecule has 2 aromatic carbocycles. The first-order valence-electron chi connectivity index (χ1n) is 7.79. The summed E-state index contributed by atoms with van der Waals surface area (Å²) >= 11 is 0. The van der Waals surface area contributed by atoms with Crippen LogP contribution in [0.4, 0.5) is 24.5 Å². The van der Waals surface area contributed by atoms with Gasteiger partial charge in [-0.15, -0.1) is 0 Å². The van der Waals surface area contributed by atoms with E-state index in [1.54, 1.807) is 6.07 Å². The molecule has 0 saturated heterocycles. The number of para-hydroxylation sites is 2. The lowest BCUT2D eigenvalue weighted by Gasteiger charge is -2.36. The van der Waals surface area contributed by atoms with Gasteiger partial charge in [0.05, 0.1) is 24.3 Å². The first kappa shape index (κ1) is 17.1. The van der Waals surface area contributed by atoms with Gasteiger partial charge in [-0.1, -0.05) is 12.1 Å². The van der Waals surface area contributed by atoms with Gasteiger partial charge in [0, 0.05) is 12.6 Å². The van der Waals surface area contributed by atoms with E-state index < -0.39 is 11.7 Å². The zero-order valence-electron chi connectivity index (χ0n) is 13.5. The average Bonchev–Trinajstić information content (AvgIpc) is 2.58. The second-order valence-electron chi connectivity index (χ2n) is 5.80. The number of fused-ring (bicyclic) bond motifs is 1. The molecule has 2 aromatic rings. The summed E-state index contributed by atoms with van der Waals surface area (Å²) < 4.78 is 44.2. The van der Waals surface area contributed by atoms with Crippen LogP contribution < -0.4 is 15.0 Å². The largest absolute Gasteiger partial charge is 0.485 e. The van der Waals surface area contributed by atoms with Crippen LogP contribution in [0.3, 0.4) is 0 Å². The van der Waals surface area contributed by atoms with E-state index in [-0.39, 0.29) is 12.0 Å². The van der Waals surface area contributed by atoms with Gasteiger partial charge in [0.25, 0.3) is 0 Å². The molecule has 0 aromatic heterocycles. The topological polar surface area (TPSA) is 41.6 Å². The third-order valence-corrected chi connectivity index (χ3v) is 3.92. The van der Waals surface area contributed by atoms with Crippen molar-refractivity contribution < 1.29 is 22.7 Å². The molecular formula is C18H17F3N2O2. The molecule has 7 heteroatoms. The number of hydrogen-bond acceptors (Lipinski definition) is 3. The van der Waals surface area contributed by atoms with E-state index in [9.17, 15) is 18.0 Å². The van der Waals surface area contributed by atoms with Crippen LogP contribution in [0.1, 0.15) is 12.5 Å². The van der Waals surface area contributed by atoms with Crippen LogP contribution in [-0.4, -0.2) is 25.1 Å². The molecule has 1 unspecified atom stereocenters. The number of hydrogen-bond donors (Lipinski definition) is 1. The van der Waals surface area contributed by atoms with Crippen LogP contribution >= 0.6 is 0 Å². The molecule has 0 aliphatic carbocycles. The van der Waals surface area contributed by atoms with Crippen LogP contribution in [0.25, 0.3) is 0 Å². The number of amides is 1. The number of benzene rings is 2. The van der Waals surface area contributed by atoms with Gasteiger partial charge in [-0.05, 0) is 36.4 Å². The molecule has 1 heterocycles. The standard InChI is InChI=1S/C18H17F3N2O2/c1-12(24)22-10-15-11-23(16-4-2-3-5-17(16)25-15)14-8-6-13(7-9-14)18(19,20)21/h2-9,15H,10-11H2,1H3,(H,22,24). The maximum Gasteiger partial charge on any atom is 0.416 e. The molecule has 0 bridgehead atoms. The Balaban J connectivity index is 1.89. The molecule has 3 rings (SSSR count). The second-order valence-corrected chi connectivity index (χ2v) is 5.80. The van der Waals surface area contributed by atoms with Crippen molar-refractivity contribution in [3.8, 4) is 5.75 Å². The fraction of sp³-hybridized carbons (Fsp3) is 0.278. The Bertz CT molecular complexity index is 760. The van der Waals surface area contributed by atoms with Gasteiger partial charge in [0.1, 0.15) is 11.9 Å². The summed E-state index contributed by atoms with van der Waals surface area (Å²) in [5, 5.41) is 2.71. The van der Waals surface area contributed by atoms with Crippen LogP contribution in [0.5, 0.6) is 5.75 Å². The molecule has 1 amide bonds. The normalized spacial score (nSPS) is 16.8. The first-order valence-corrected chi connectivity index (χ1v) is 7.79. The van der Waals surface area contributed by atoms with Crippen LogP contribution in [0.15, 0.2) is 48.5 Å². The van der Waals surface area contributed by atoms with Crippen LogP contribution in [-0.2, 0) is 11.0 Å². The predicted molar refractivity (Wildman–Crippen MR) is 88.0 cm³/mol. The molecule has 1 atom stereocenters. The van der Waals surface area contributed by atoms with Gasteiger partial charge in [0.15, 0.2) is 0 Å². The van der Waals surface area contributed by atoms with E-state index in [0.29, 0.717) is 24.5 Å². The van der Waals surface area contributed by atoms with E-state index in [4.69, 9.17) is 4.74 Å². The molecule has 4 nitrogen and oxygen atoms in total. The molecule has 1 aliphatic heterocycles. The summed E-state index contributed by atoms with van der Waals surface area (Å²) in [7, 11) is 0. The summed E-state index contributed by atoms with van der Waals surface area (Å²) in [5.74, 6) is 0.465. The van der Waals surface area contributed by atoms with Crippen molar-refractivity contribution in [1.29, 1.82) is 0 Å². The molecule has 0 fully saturated rings. The van der Waals surface area contributed by atoms with Crippen LogP contribution in [0.2, 0.25) is 0 Å². The highest BCUT2D eigenvalue weighted by Crippen LogP contribution is 2.39. The van der Waals surface area contributed by atoms with Crippen molar-refractivity contribution in [1.82, 2.24) is 5.32 Å². The Labute approximate surface area is 143 Å². The molecular weight excluding hydrogens is 333 g/mol. The molecule has 132 valence electrons. The summed E-state index contributed by atoms with van der Waals surface area (Å²) in [6.45, 7) is 2.16. The summed E-state index contributed by atoms with van der Waals surface area (Å²) in [5.41, 5.74) is 0.727. The Morgan fingerprint density at radius 1 is 1.20 bits per heavy atom. The zero-order valence-corrected chi connectivity index (χ0v) is 13.5. The predicted octanol–water partition coefficient (Wildman–Crippen LogP) is 3.74. The highest BCUT2D eigenvalue weighted by atomic mass is 19.4. The lowest BCUT2D eigenvalue weighted by Crippen LogP contribution is -2.44. The monoisotopic (exact) mass is 350 g/mol. The van der Waals surface area contributed by atoms with Crippen LogP contribution in [0, 0.1) is 0 Å². The third-order valence-electron chi connectivity index (χ3n) is 3.92. The van der Waals surface area contributed by atoms with E-state index in [1.165, 1.54) is 19.1 Å². The number of carbonyl (C=O) groups is 1. The molecule has 1 N–H and O–H groups in total. The quantitative estimate of drug-likeness (QED) is 0.917. The SMILES string of the molecule is CC(=O)NCC1CN(c2ccc(C(F)(F)F)cc2)c2ccccc2O1. The molecule has 0 radical (unpaired) electrons. The van der Waals surface area contributed by atoms with Gasteiger partial charge in [-0.25, -0.2) is 0 Å². The van der Waals surface area contributed by atoms with Gasteiger partial charge in [0.2, 0.25) is 5.91 Å². The van der Waals surface area contributed by atoms with Crippen molar-refractivity contribution in [2.24, 2.45) is 0 Å². The lowest BCUT2D eigenvalue weighted by atomic mass is 10.1. The minimum absolute atomic E-state index is 0.163. The number of ether oxygens (including phenoxy) is 1. The molecule has 0 saturated carbocycles. The molecule has 1 aliphatic rings. The third kappa shape index (κ3) is 3.87. The summed E-state index contributed by atoms with van der Waals surface area (Å²) in [6.07, 6.45) is -4.67. The van der Waals surface area contributed by atoms with Gasteiger partial charge in [-0.2, -0.15) is 13.2 Å². The van der Waals surface area contributed by atoms with Crippen molar-refractivity contribution in [3.63, 3.8) is 0 Å². The fourth-order valence-corrected chi connectivity index (χ4v) is 2.74.